The van der Waals surface area contributed by atoms with Crippen LogP contribution in [0, 0.1) is 0 Å². The molecule has 2 heteroatoms. The molecule has 3 rings (SSSR count). The van der Waals surface area contributed by atoms with E-state index in [9.17, 15) is 5.11 Å². The Hall–Kier alpha value is -1.64. The number of benzene rings is 2. The molecule has 0 saturated heterocycles. The van der Waals surface area contributed by atoms with Crippen molar-refractivity contribution in [3.05, 3.63) is 71.8 Å². The van der Waals surface area contributed by atoms with E-state index in [1.165, 1.54) is 11.1 Å². The predicted octanol–water partition coefficient (Wildman–Crippen LogP) is 3.90. The van der Waals surface area contributed by atoms with Crippen LogP contribution in [0.15, 0.2) is 60.7 Å². The summed E-state index contributed by atoms with van der Waals surface area (Å²) in [5.41, 5.74) is 1.95. The molecule has 0 aromatic heterocycles. The van der Waals surface area contributed by atoms with Crippen LogP contribution in [0.3, 0.4) is 0 Å². The van der Waals surface area contributed by atoms with Gasteiger partial charge in [0.15, 0.2) is 0 Å². The molecule has 1 aliphatic rings. The van der Waals surface area contributed by atoms with Crippen molar-refractivity contribution in [2.75, 3.05) is 6.61 Å². The lowest BCUT2D eigenvalue weighted by Crippen LogP contribution is -2.11. The molecule has 0 amide bonds. The van der Waals surface area contributed by atoms with Crippen LogP contribution in [0.4, 0.5) is 0 Å². The lowest BCUT2D eigenvalue weighted by molar-refractivity contribution is 0.0857. The Morgan fingerprint density at radius 1 is 1.00 bits per heavy atom. The Bertz CT molecular complexity index is 552. The standard InChI is InChI=1S/C19H22O2/c20-19(14-18(19)17-10-5-2-6-11-17)12-7-13-21-15-16-8-3-1-4-9-16/h1-6,8-11,18,20H,7,12-15H2. The van der Waals surface area contributed by atoms with Gasteiger partial charge in [-0.25, -0.2) is 0 Å². The second kappa shape index (κ2) is 6.42. The van der Waals surface area contributed by atoms with Gasteiger partial charge in [-0.2, -0.15) is 0 Å². The average Bonchev–Trinajstić information content (AvgIpc) is 3.21. The zero-order valence-corrected chi connectivity index (χ0v) is 12.2. The predicted molar refractivity (Wildman–Crippen MR) is 84.1 cm³/mol. The summed E-state index contributed by atoms with van der Waals surface area (Å²) in [6.07, 6.45) is 2.61. The van der Waals surface area contributed by atoms with Gasteiger partial charge in [0, 0.05) is 12.5 Å². The second-order valence-electron chi connectivity index (χ2n) is 5.91. The molecule has 0 heterocycles. The molecule has 0 aliphatic heterocycles. The van der Waals surface area contributed by atoms with Gasteiger partial charge in [-0.1, -0.05) is 60.7 Å². The van der Waals surface area contributed by atoms with E-state index in [1.54, 1.807) is 0 Å². The molecule has 21 heavy (non-hydrogen) atoms. The van der Waals surface area contributed by atoms with Gasteiger partial charge < -0.3 is 9.84 Å². The minimum Gasteiger partial charge on any atom is -0.389 e. The van der Waals surface area contributed by atoms with Crippen LogP contribution in [-0.2, 0) is 11.3 Å². The van der Waals surface area contributed by atoms with E-state index in [2.05, 4.69) is 24.3 Å². The molecular formula is C19H22O2. The third-order valence-electron chi connectivity index (χ3n) is 4.26. The zero-order chi connectivity index (χ0) is 14.5. The highest BCUT2D eigenvalue weighted by atomic mass is 16.5. The van der Waals surface area contributed by atoms with E-state index in [-0.39, 0.29) is 0 Å². The molecule has 2 unspecified atom stereocenters. The first kappa shape index (κ1) is 14.3. The molecule has 0 spiro atoms. The van der Waals surface area contributed by atoms with Crippen molar-refractivity contribution in [1.82, 2.24) is 0 Å². The van der Waals surface area contributed by atoms with Gasteiger partial charge in [-0.3, -0.25) is 0 Å². The SMILES string of the molecule is OC1(CCCOCc2ccccc2)CC1c1ccccc1. The largest absolute Gasteiger partial charge is 0.389 e. The lowest BCUT2D eigenvalue weighted by atomic mass is 10.0. The van der Waals surface area contributed by atoms with E-state index in [0.29, 0.717) is 19.1 Å². The normalized spacial score (nSPS) is 24.0. The van der Waals surface area contributed by atoms with Gasteiger partial charge in [0.05, 0.1) is 12.2 Å². The Balaban J connectivity index is 1.37. The van der Waals surface area contributed by atoms with Gasteiger partial charge in [0.2, 0.25) is 0 Å². The summed E-state index contributed by atoms with van der Waals surface area (Å²) in [5, 5.41) is 10.5. The second-order valence-corrected chi connectivity index (χ2v) is 5.91. The topological polar surface area (TPSA) is 29.5 Å². The van der Waals surface area contributed by atoms with Crippen molar-refractivity contribution >= 4 is 0 Å². The Labute approximate surface area is 126 Å². The number of rotatable bonds is 7. The van der Waals surface area contributed by atoms with Crippen molar-refractivity contribution < 1.29 is 9.84 Å². The molecule has 2 aromatic rings. The molecule has 0 bridgehead atoms. The summed E-state index contributed by atoms with van der Waals surface area (Å²) in [4.78, 5) is 0. The van der Waals surface area contributed by atoms with Gasteiger partial charge in [-0.15, -0.1) is 0 Å². The Morgan fingerprint density at radius 2 is 1.67 bits per heavy atom. The average molecular weight is 282 g/mol. The van der Waals surface area contributed by atoms with Crippen LogP contribution in [0.25, 0.3) is 0 Å². The van der Waals surface area contributed by atoms with E-state index >= 15 is 0 Å². The molecule has 2 nitrogen and oxygen atoms in total. The van der Waals surface area contributed by atoms with Crippen LogP contribution in [0.5, 0.6) is 0 Å². The first-order valence-corrected chi connectivity index (χ1v) is 7.67. The fourth-order valence-electron chi connectivity index (χ4n) is 2.93. The summed E-state index contributed by atoms with van der Waals surface area (Å²) in [7, 11) is 0. The number of ether oxygens (including phenoxy) is 1. The molecule has 2 atom stereocenters. The highest BCUT2D eigenvalue weighted by molar-refractivity contribution is 5.30. The van der Waals surface area contributed by atoms with Crippen LogP contribution in [-0.4, -0.2) is 17.3 Å². The molecule has 110 valence electrons. The fraction of sp³-hybridized carbons (Fsp3) is 0.368. The monoisotopic (exact) mass is 282 g/mol. The van der Waals surface area contributed by atoms with E-state index in [1.807, 2.05) is 36.4 Å². The quantitative estimate of drug-likeness (QED) is 0.780. The van der Waals surface area contributed by atoms with E-state index in [0.717, 1.165) is 19.3 Å². The third-order valence-corrected chi connectivity index (χ3v) is 4.26. The summed E-state index contributed by atoms with van der Waals surface area (Å²) < 4.78 is 5.67. The molecule has 1 saturated carbocycles. The smallest absolute Gasteiger partial charge is 0.0724 e. The Kier molecular flexibility index (Phi) is 4.37. The van der Waals surface area contributed by atoms with Gasteiger partial charge in [0.1, 0.15) is 0 Å². The van der Waals surface area contributed by atoms with Gasteiger partial charge in [-0.05, 0) is 30.4 Å². The Morgan fingerprint density at radius 3 is 2.38 bits per heavy atom. The third kappa shape index (κ3) is 3.72. The molecule has 0 radical (unpaired) electrons. The zero-order valence-electron chi connectivity index (χ0n) is 12.2. The van der Waals surface area contributed by atoms with Crippen molar-refractivity contribution in [3.63, 3.8) is 0 Å². The van der Waals surface area contributed by atoms with Crippen LogP contribution in [0.2, 0.25) is 0 Å². The van der Waals surface area contributed by atoms with Crippen LogP contribution >= 0.6 is 0 Å². The molecule has 1 fully saturated rings. The van der Waals surface area contributed by atoms with Crippen molar-refractivity contribution in [2.24, 2.45) is 0 Å². The lowest BCUT2D eigenvalue weighted by Gasteiger charge is -2.11. The summed E-state index contributed by atoms with van der Waals surface area (Å²) in [5.74, 6) is 0.313. The highest BCUT2D eigenvalue weighted by Gasteiger charge is 2.52. The summed E-state index contributed by atoms with van der Waals surface area (Å²) >= 11 is 0. The van der Waals surface area contributed by atoms with Crippen molar-refractivity contribution in [2.45, 2.75) is 37.4 Å². The molecule has 2 aromatic carbocycles. The number of hydrogen-bond acceptors (Lipinski definition) is 2. The minimum absolute atomic E-state index is 0.313. The minimum atomic E-state index is -0.503. The van der Waals surface area contributed by atoms with Gasteiger partial charge >= 0.3 is 0 Å². The fourth-order valence-corrected chi connectivity index (χ4v) is 2.93. The first-order chi connectivity index (χ1) is 10.3. The maximum absolute atomic E-state index is 10.5. The van der Waals surface area contributed by atoms with E-state index in [4.69, 9.17) is 4.74 Å². The van der Waals surface area contributed by atoms with Crippen LogP contribution < -0.4 is 0 Å². The number of aliphatic hydroxyl groups is 1. The summed E-state index contributed by atoms with van der Waals surface area (Å²) in [6, 6.07) is 20.5. The maximum atomic E-state index is 10.5. The van der Waals surface area contributed by atoms with E-state index < -0.39 is 5.60 Å². The number of hydrogen-bond donors (Lipinski definition) is 1. The maximum Gasteiger partial charge on any atom is 0.0724 e. The molecular weight excluding hydrogens is 260 g/mol. The van der Waals surface area contributed by atoms with Crippen LogP contribution in [0.1, 0.15) is 36.3 Å². The highest BCUT2D eigenvalue weighted by Crippen LogP contribution is 2.53. The molecule has 1 aliphatic carbocycles. The van der Waals surface area contributed by atoms with Crippen molar-refractivity contribution in [1.29, 1.82) is 0 Å². The van der Waals surface area contributed by atoms with Gasteiger partial charge in [0.25, 0.3) is 0 Å². The molecule has 1 N–H and O–H groups in total. The first-order valence-electron chi connectivity index (χ1n) is 7.67. The summed E-state index contributed by atoms with van der Waals surface area (Å²) in [6.45, 7) is 1.36. The van der Waals surface area contributed by atoms with Crippen molar-refractivity contribution in [3.8, 4) is 0 Å².